The first-order valence-electron chi connectivity index (χ1n) is 8.60. The minimum absolute atomic E-state index is 0.00879. The number of anilines is 1. The molecule has 1 aliphatic carbocycles. The number of nitrogens with one attached hydrogen (secondary N) is 2. The Balaban J connectivity index is 2.09. The van der Waals surface area contributed by atoms with Gasteiger partial charge in [0.1, 0.15) is 0 Å². The highest BCUT2D eigenvalue weighted by atomic mass is 16.3. The largest absolute Gasteiger partial charge is 0.396 e. The van der Waals surface area contributed by atoms with Gasteiger partial charge in [-0.15, -0.1) is 0 Å². The van der Waals surface area contributed by atoms with Crippen molar-refractivity contribution >= 4 is 17.5 Å². The van der Waals surface area contributed by atoms with Crippen molar-refractivity contribution in [2.75, 3.05) is 11.9 Å². The summed E-state index contributed by atoms with van der Waals surface area (Å²) in [7, 11) is 0. The molecular weight excluding hydrogens is 304 g/mol. The van der Waals surface area contributed by atoms with Crippen molar-refractivity contribution in [1.29, 1.82) is 0 Å². The molecule has 2 amide bonds. The number of aliphatic hydroxyl groups is 1. The number of para-hydroxylation sites is 1. The van der Waals surface area contributed by atoms with Gasteiger partial charge in [0, 0.05) is 17.1 Å². The molecule has 24 heavy (non-hydrogen) atoms. The van der Waals surface area contributed by atoms with E-state index in [-0.39, 0.29) is 24.0 Å². The number of carbonyl (C=O) groups is 2. The van der Waals surface area contributed by atoms with Crippen LogP contribution in [-0.4, -0.2) is 29.6 Å². The lowest BCUT2D eigenvalue weighted by molar-refractivity contribution is -0.137. The van der Waals surface area contributed by atoms with E-state index < -0.39 is 11.8 Å². The Kier molecular flexibility index (Phi) is 5.65. The van der Waals surface area contributed by atoms with Gasteiger partial charge in [0.15, 0.2) is 0 Å². The summed E-state index contributed by atoms with van der Waals surface area (Å²) >= 11 is 0. The van der Waals surface area contributed by atoms with Gasteiger partial charge in [-0.1, -0.05) is 45.4 Å². The summed E-state index contributed by atoms with van der Waals surface area (Å²) in [6, 6.07) is 5.66. The normalized spacial score (nSPS) is 23.3. The lowest BCUT2D eigenvalue weighted by atomic mass is 9.86. The molecule has 0 heterocycles. The SMILES string of the molecule is Cc1cccc(C(C)C)c1NC(=O)C(=O)NC1CCCC1(C)CO. The number of aliphatic hydroxyl groups excluding tert-OH is 1. The van der Waals surface area contributed by atoms with Crippen LogP contribution >= 0.6 is 0 Å². The lowest BCUT2D eigenvalue weighted by Gasteiger charge is -2.29. The molecule has 132 valence electrons. The zero-order valence-corrected chi connectivity index (χ0v) is 15.0. The van der Waals surface area contributed by atoms with Crippen molar-refractivity contribution in [3.8, 4) is 0 Å². The van der Waals surface area contributed by atoms with E-state index >= 15 is 0 Å². The third-order valence-electron chi connectivity index (χ3n) is 5.12. The van der Waals surface area contributed by atoms with Gasteiger partial charge in [-0.05, 0) is 36.8 Å². The van der Waals surface area contributed by atoms with Gasteiger partial charge in [-0.25, -0.2) is 0 Å². The minimum Gasteiger partial charge on any atom is -0.396 e. The van der Waals surface area contributed by atoms with Crippen molar-refractivity contribution < 1.29 is 14.7 Å². The number of hydrogen-bond donors (Lipinski definition) is 3. The summed E-state index contributed by atoms with van der Waals surface area (Å²) in [5.41, 5.74) is 2.31. The fourth-order valence-corrected chi connectivity index (χ4v) is 3.40. The standard InChI is InChI=1S/C19H28N2O3/c1-12(2)14-8-5-7-13(3)16(14)21-18(24)17(23)20-15-9-6-10-19(15,4)11-22/h5,7-8,12,15,22H,6,9-11H2,1-4H3,(H,20,23)(H,21,24). The van der Waals surface area contributed by atoms with Crippen LogP contribution in [0.5, 0.6) is 0 Å². The predicted molar refractivity (Wildman–Crippen MR) is 94.9 cm³/mol. The summed E-state index contributed by atoms with van der Waals surface area (Å²) in [5, 5.41) is 15.1. The van der Waals surface area contributed by atoms with Gasteiger partial charge >= 0.3 is 11.8 Å². The lowest BCUT2D eigenvalue weighted by Crippen LogP contribution is -2.48. The molecular formula is C19H28N2O3. The van der Waals surface area contributed by atoms with Crippen LogP contribution in [0, 0.1) is 12.3 Å². The van der Waals surface area contributed by atoms with Crippen molar-refractivity contribution in [2.45, 2.75) is 58.9 Å². The molecule has 0 saturated heterocycles. The van der Waals surface area contributed by atoms with E-state index in [1.807, 2.05) is 32.0 Å². The van der Waals surface area contributed by atoms with E-state index in [4.69, 9.17) is 0 Å². The molecule has 5 nitrogen and oxygen atoms in total. The monoisotopic (exact) mass is 332 g/mol. The van der Waals surface area contributed by atoms with Crippen molar-refractivity contribution in [1.82, 2.24) is 5.32 Å². The summed E-state index contributed by atoms with van der Waals surface area (Å²) in [6.07, 6.45) is 2.59. The van der Waals surface area contributed by atoms with E-state index in [1.165, 1.54) is 0 Å². The Morgan fingerprint density at radius 3 is 2.67 bits per heavy atom. The molecule has 1 aromatic rings. The number of rotatable bonds is 4. The molecule has 0 aliphatic heterocycles. The van der Waals surface area contributed by atoms with Crippen molar-refractivity contribution in [3.63, 3.8) is 0 Å². The van der Waals surface area contributed by atoms with Crippen LogP contribution in [0.4, 0.5) is 5.69 Å². The fraction of sp³-hybridized carbons (Fsp3) is 0.579. The molecule has 1 aliphatic rings. The van der Waals surface area contributed by atoms with Crippen LogP contribution in [0.15, 0.2) is 18.2 Å². The highest BCUT2D eigenvalue weighted by Crippen LogP contribution is 2.37. The molecule has 2 atom stereocenters. The Hall–Kier alpha value is -1.88. The maximum atomic E-state index is 12.3. The molecule has 1 aromatic carbocycles. The smallest absolute Gasteiger partial charge is 0.313 e. The number of amides is 2. The minimum atomic E-state index is -0.654. The quantitative estimate of drug-likeness (QED) is 0.742. The second-order valence-corrected chi connectivity index (χ2v) is 7.38. The first kappa shape index (κ1) is 18.5. The van der Waals surface area contributed by atoms with E-state index in [2.05, 4.69) is 24.5 Å². The van der Waals surface area contributed by atoms with E-state index in [0.717, 1.165) is 30.4 Å². The summed E-state index contributed by atoms with van der Waals surface area (Å²) in [5.74, 6) is -1.05. The highest BCUT2D eigenvalue weighted by molar-refractivity contribution is 6.39. The molecule has 1 saturated carbocycles. The van der Waals surface area contributed by atoms with Gasteiger partial charge in [-0.2, -0.15) is 0 Å². The second-order valence-electron chi connectivity index (χ2n) is 7.38. The van der Waals surface area contributed by atoms with Crippen LogP contribution in [0.3, 0.4) is 0 Å². The average molecular weight is 332 g/mol. The summed E-state index contributed by atoms with van der Waals surface area (Å²) < 4.78 is 0. The zero-order chi connectivity index (χ0) is 17.9. The molecule has 0 radical (unpaired) electrons. The number of hydrogen-bond acceptors (Lipinski definition) is 3. The third kappa shape index (κ3) is 3.78. The van der Waals surface area contributed by atoms with Gasteiger partial charge in [-0.3, -0.25) is 9.59 Å². The zero-order valence-electron chi connectivity index (χ0n) is 15.0. The topological polar surface area (TPSA) is 78.4 Å². The Morgan fingerprint density at radius 2 is 2.04 bits per heavy atom. The summed E-state index contributed by atoms with van der Waals surface area (Å²) in [4.78, 5) is 24.6. The van der Waals surface area contributed by atoms with Gasteiger partial charge < -0.3 is 15.7 Å². The molecule has 0 aromatic heterocycles. The molecule has 2 unspecified atom stereocenters. The predicted octanol–water partition coefficient (Wildman–Crippen LogP) is 2.72. The highest BCUT2D eigenvalue weighted by Gasteiger charge is 2.39. The van der Waals surface area contributed by atoms with Crippen molar-refractivity contribution in [3.05, 3.63) is 29.3 Å². The average Bonchev–Trinajstić information content (AvgIpc) is 2.90. The van der Waals surface area contributed by atoms with Gasteiger partial charge in [0.25, 0.3) is 0 Å². The first-order chi connectivity index (χ1) is 11.3. The molecule has 1 fully saturated rings. The summed E-state index contributed by atoms with van der Waals surface area (Å²) in [6.45, 7) is 7.97. The molecule has 3 N–H and O–H groups in total. The molecule has 2 rings (SSSR count). The molecule has 5 heteroatoms. The van der Waals surface area contributed by atoms with E-state index in [9.17, 15) is 14.7 Å². The van der Waals surface area contributed by atoms with E-state index in [1.54, 1.807) is 0 Å². The van der Waals surface area contributed by atoms with Gasteiger partial charge in [0.05, 0.1) is 6.61 Å². The van der Waals surface area contributed by atoms with Crippen LogP contribution in [0.25, 0.3) is 0 Å². The van der Waals surface area contributed by atoms with Gasteiger partial charge in [0.2, 0.25) is 0 Å². The maximum Gasteiger partial charge on any atom is 0.313 e. The number of aryl methyl sites for hydroxylation is 1. The van der Waals surface area contributed by atoms with Crippen LogP contribution < -0.4 is 10.6 Å². The molecule has 0 spiro atoms. The maximum absolute atomic E-state index is 12.3. The molecule has 0 bridgehead atoms. The fourth-order valence-electron chi connectivity index (χ4n) is 3.40. The van der Waals surface area contributed by atoms with E-state index in [0.29, 0.717) is 5.69 Å². The Labute approximate surface area is 143 Å². The Bertz CT molecular complexity index is 627. The number of benzene rings is 1. The number of carbonyl (C=O) groups excluding carboxylic acids is 2. The third-order valence-corrected chi connectivity index (χ3v) is 5.12. The first-order valence-corrected chi connectivity index (χ1v) is 8.60. The second kappa shape index (κ2) is 7.34. The van der Waals surface area contributed by atoms with Crippen LogP contribution in [0.1, 0.15) is 57.1 Å². The van der Waals surface area contributed by atoms with Crippen molar-refractivity contribution in [2.24, 2.45) is 5.41 Å². The van der Waals surface area contributed by atoms with Crippen LogP contribution in [-0.2, 0) is 9.59 Å². The Morgan fingerprint density at radius 1 is 1.33 bits per heavy atom. The van der Waals surface area contributed by atoms with Crippen LogP contribution in [0.2, 0.25) is 0 Å².